The Kier molecular flexibility index (Phi) is 10.3. The van der Waals surface area contributed by atoms with Crippen molar-refractivity contribution in [3.8, 4) is 0 Å². The summed E-state index contributed by atoms with van der Waals surface area (Å²) in [5.74, 6) is -0.721. The topological polar surface area (TPSA) is 86.8 Å². The predicted octanol–water partition coefficient (Wildman–Crippen LogP) is 4.62. The maximum absolute atomic E-state index is 14.1. The first-order valence-electron chi connectivity index (χ1n) is 13.2. The molecule has 0 aliphatic heterocycles. The summed E-state index contributed by atoms with van der Waals surface area (Å²) in [4.78, 5) is 29.3. The molecule has 2 amide bonds. The number of carbonyl (C=O) groups is 2. The first-order valence-corrected chi connectivity index (χ1v) is 15.1. The molecule has 7 nitrogen and oxygen atoms in total. The molecule has 2 atom stereocenters. The fraction of sp³-hybridized carbons (Fsp3) is 0.355. The summed E-state index contributed by atoms with van der Waals surface area (Å²) in [6, 6.07) is 23.5. The number of aryl methyl sites for hydroxylation is 2. The molecule has 0 fully saturated rings. The standard InChI is InChI=1S/C31H39N3O4S/c1-6-25(4)32-31(36)29(20-26-15-8-7-9-16-26)33(21-27-17-12-13-23(2)19-27)30(35)22-34(39(5,37)38)28-18-11-10-14-24(28)3/h7-19,25,29H,6,20-22H2,1-5H3,(H,32,36)/t25-,29+/m1/s1. The second-order valence-corrected chi connectivity index (χ2v) is 12.0. The highest BCUT2D eigenvalue weighted by molar-refractivity contribution is 7.92. The highest BCUT2D eigenvalue weighted by Gasteiger charge is 2.33. The van der Waals surface area contributed by atoms with Crippen LogP contribution in [0, 0.1) is 13.8 Å². The summed E-state index contributed by atoms with van der Waals surface area (Å²) in [6.07, 6.45) is 2.13. The van der Waals surface area contributed by atoms with E-state index in [1.807, 2.05) is 81.4 Å². The summed E-state index contributed by atoms with van der Waals surface area (Å²) in [5.41, 5.74) is 3.97. The third-order valence-corrected chi connectivity index (χ3v) is 7.90. The van der Waals surface area contributed by atoms with E-state index in [-0.39, 0.29) is 18.5 Å². The fourth-order valence-corrected chi connectivity index (χ4v) is 5.35. The number of benzene rings is 3. The molecule has 39 heavy (non-hydrogen) atoms. The van der Waals surface area contributed by atoms with E-state index in [0.29, 0.717) is 12.1 Å². The summed E-state index contributed by atoms with van der Waals surface area (Å²) in [7, 11) is -3.79. The summed E-state index contributed by atoms with van der Waals surface area (Å²) >= 11 is 0. The molecule has 0 bridgehead atoms. The molecule has 1 N–H and O–H groups in total. The minimum absolute atomic E-state index is 0.0776. The van der Waals surface area contributed by atoms with Gasteiger partial charge < -0.3 is 10.2 Å². The number of carbonyl (C=O) groups excluding carboxylic acids is 2. The molecule has 0 aromatic heterocycles. The van der Waals surface area contributed by atoms with Gasteiger partial charge in [0.05, 0.1) is 11.9 Å². The first-order chi connectivity index (χ1) is 18.5. The molecule has 0 aliphatic rings. The Morgan fingerprint density at radius 3 is 2.15 bits per heavy atom. The molecule has 0 heterocycles. The lowest BCUT2D eigenvalue weighted by Crippen LogP contribution is -2.54. The Morgan fingerprint density at radius 1 is 0.897 bits per heavy atom. The van der Waals surface area contributed by atoms with Crippen LogP contribution >= 0.6 is 0 Å². The molecular formula is C31H39N3O4S. The van der Waals surface area contributed by atoms with Crippen molar-refractivity contribution in [3.05, 3.63) is 101 Å². The number of rotatable bonds is 12. The van der Waals surface area contributed by atoms with E-state index in [2.05, 4.69) is 5.32 Å². The van der Waals surface area contributed by atoms with Gasteiger partial charge in [-0.2, -0.15) is 0 Å². The van der Waals surface area contributed by atoms with E-state index in [1.165, 1.54) is 4.90 Å². The van der Waals surface area contributed by atoms with E-state index < -0.39 is 28.5 Å². The van der Waals surface area contributed by atoms with Crippen LogP contribution in [0.4, 0.5) is 5.69 Å². The van der Waals surface area contributed by atoms with Crippen molar-refractivity contribution in [3.63, 3.8) is 0 Å². The van der Waals surface area contributed by atoms with Crippen molar-refractivity contribution in [1.29, 1.82) is 0 Å². The van der Waals surface area contributed by atoms with Gasteiger partial charge >= 0.3 is 0 Å². The van der Waals surface area contributed by atoms with Crippen LogP contribution in [0.3, 0.4) is 0 Å². The molecule has 0 saturated heterocycles. The van der Waals surface area contributed by atoms with Crippen molar-refractivity contribution >= 4 is 27.5 Å². The lowest BCUT2D eigenvalue weighted by Gasteiger charge is -2.34. The number of amides is 2. The zero-order valence-electron chi connectivity index (χ0n) is 23.4. The molecule has 0 saturated carbocycles. The van der Waals surface area contributed by atoms with Crippen LogP contribution < -0.4 is 9.62 Å². The van der Waals surface area contributed by atoms with Crippen molar-refractivity contribution < 1.29 is 18.0 Å². The Labute approximate surface area is 232 Å². The van der Waals surface area contributed by atoms with Gasteiger partial charge in [0.2, 0.25) is 21.8 Å². The van der Waals surface area contributed by atoms with Gasteiger partial charge in [0.25, 0.3) is 0 Å². The average molecular weight is 550 g/mol. The highest BCUT2D eigenvalue weighted by atomic mass is 32.2. The van der Waals surface area contributed by atoms with E-state index in [9.17, 15) is 18.0 Å². The largest absolute Gasteiger partial charge is 0.352 e. The lowest BCUT2D eigenvalue weighted by molar-refractivity contribution is -0.140. The van der Waals surface area contributed by atoms with E-state index in [0.717, 1.165) is 39.2 Å². The molecule has 0 radical (unpaired) electrons. The fourth-order valence-electron chi connectivity index (χ4n) is 4.44. The SMILES string of the molecule is CC[C@@H](C)NC(=O)[C@H](Cc1ccccc1)N(Cc1cccc(C)c1)C(=O)CN(c1ccccc1C)S(C)(=O)=O. The number of nitrogens with one attached hydrogen (secondary N) is 1. The number of sulfonamides is 1. The van der Waals surface area contributed by atoms with Gasteiger partial charge in [-0.15, -0.1) is 0 Å². The maximum atomic E-state index is 14.1. The van der Waals surface area contributed by atoms with Crippen molar-refractivity contribution in [1.82, 2.24) is 10.2 Å². The van der Waals surface area contributed by atoms with Gasteiger partial charge in [0.15, 0.2) is 0 Å². The van der Waals surface area contributed by atoms with Crippen LogP contribution in [0.25, 0.3) is 0 Å². The van der Waals surface area contributed by atoms with Crippen molar-refractivity contribution in [2.45, 2.75) is 59.2 Å². The minimum Gasteiger partial charge on any atom is -0.352 e. The Balaban J connectivity index is 2.07. The quantitative estimate of drug-likeness (QED) is 0.357. The van der Waals surface area contributed by atoms with E-state index in [1.54, 1.807) is 25.1 Å². The second-order valence-electron chi connectivity index (χ2n) is 10.1. The number of hydrogen-bond acceptors (Lipinski definition) is 4. The molecule has 0 aliphatic carbocycles. The summed E-state index contributed by atoms with van der Waals surface area (Å²) < 4.78 is 26.9. The monoisotopic (exact) mass is 549 g/mol. The third kappa shape index (κ3) is 8.42. The molecule has 8 heteroatoms. The van der Waals surface area contributed by atoms with Crippen molar-refractivity contribution in [2.75, 3.05) is 17.1 Å². The second kappa shape index (κ2) is 13.4. The Morgan fingerprint density at radius 2 is 1.54 bits per heavy atom. The van der Waals surface area contributed by atoms with Gasteiger partial charge in [0, 0.05) is 19.0 Å². The van der Waals surface area contributed by atoms with E-state index in [4.69, 9.17) is 0 Å². The highest BCUT2D eigenvalue weighted by Crippen LogP contribution is 2.23. The molecule has 208 valence electrons. The Bertz CT molecular complexity index is 1380. The van der Waals surface area contributed by atoms with Gasteiger partial charge in [0.1, 0.15) is 12.6 Å². The normalized spacial score (nSPS) is 12.8. The van der Waals surface area contributed by atoms with Gasteiger partial charge in [-0.25, -0.2) is 8.42 Å². The van der Waals surface area contributed by atoms with Gasteiger partial charge in [-0.1, -0.05) is 85.3 Å². The van der Waals surface area contributed by atoms with E-state index >= 15 is 0 Å². The number of hydrogen-bond donors (Lipinski definition) is 1. The molecule has 3 rings (SSSR count). The maximum Gasteiger partial charge on any atom is 0.244 e. The van der Waals surface area contributed by atoms with Crippen LogP contribution in [-0.4, -0.2) is 50.0 Å². The summed E-state index contributed by atoms with van der Waals surface area (Å²) in [5, 5.41) is 3.04. The smallest absolute Gasteiger partial charge is 0.244 e. The Hall–Kier alpha value is -3.65. The average Bonchev–Trinajstić information content (AvgIpc) is 2.89. The third-order valence-electron chi connectivity index (χ3n) is 6.77. The van der Waals surface area contributed by atoms with Crippen LogP contribution in [0.1, 0.15) is 42.5 Å². The first kappa shape index (κ1) is 29.9. The van der Waals surface area contributed by atoms with Crippen LogP contribution in [0.2, 0.25) is 0 Å². The zero-order valence-corrected chi connectivity index (χ0v) is 24.2. The zero-order chi connectivity index (χ0) is 28.6. The predicted molar refractivity (Wildman–Crippen MR) is 157 cm³/mol. The number of para-hydroxylation sites is 1. The molecular weight excluding hydrogens is 510 g/mol. The molecule has 3 aromatic rings. The number of nitrogens with zero attached hydrogens (tertiary/aromatic N) is 2. The van der Waals surface area contributed by atoms with Gasteiger partial charge in [-0.05, 0) is 49.9 Å². The van der Waals surface area contributed by atoms with Crippen molar-refractivity contribution in [2.24, 2.45) is 0 Å². The van der Waals surface area contributed by atoms with Crippen LogP contribution in [0.15, 0.2) is 78.9 Å². The lowest BCUT2D eigenvalue weighted by atomic mass is 10.0. The molecule has 0 unspecified atom stereocenters. The van der Waals surface area contributed by atoms with Crippen LogP contribution in [0.5, 0.6) is 0 Å². The summed E-state index contributed by atoms with van der Waals surface area (Å²) in [6.45, 7) is 7.43. The number of anilines is 1. The van der Waals surface area contributed by atoms with Crippen LogP contribution in [-0.2, 0) is 32.6 Å². The minimum atomic E-state index is -3.79. The van der Waals surface area contributed by atoms with Gasteiger partial charge in [-0.3, -0.25) is 13.9 Å². The molecule has 0 spiro atoms. The molecule has 3 aromatic carbocycles.